The van der Waals surface area contributed by atoms with Crippen molar-refractivity contribution in [2.45, 2.75) is 13.5 Å². The SMILES string of the molecule is Cc1cc(Br)nc2c(OCc3ccccc3)cccc12. The molecule has 3 heteroatoms. The highest BCUT2D eigenvalue weighted by Crippen LogP contribution is 2.28. The van der Waals surface area contributed by atoms with Crippen molar-refractivity contribution >= 4 is 26.8 Å². The summed E-state index contributed by atoms with van der Waals surface area (Å²) < 4.78 is 6.76. The van der Waals surface area contributed by atoms with E-state index in [4.69, 9.17) is 4.74 Å². The first kappa shape index (κ1) is 13.1. The molecule has 1 heterocycles. The Balaban J connectivity index is 1.95. The summed E-state index contributed by atoms with van der Waals surface area (Å²) in [5.74, 6) is 0.816. The molecule has 20 heavy (non-hydrogen) atoms. The number of aromatic nitrogens is 1. The topological polar surface area (TPSA) is 22.1 Å². The van der Waals surface area contributed by atoms with Gasteiger partial charge in [0.25, 0.3) is 0 Å². The van der Waals surface area contributed by atoms with E-state index in [9.17, 15) is 0 Å². The van der Waals surface area contributed by atoms with Crippen LogP contribution in [-0.4, -0.2) is 4.98 Å². The maximum atomic E-state index is 5.93. The zero-order valence-corrected chi connectivity index (χ0v) is 12.7. The number of halogens is 1. The molecule has 0 saturated carbocycles. The van der Waals surface area contributed by atoms with Crippen molar-refractivity contribution in [2.75, 3.05) is 0 Å². The van der Waals surface area contributed by atoms with E-state index in [1.807, 2.05) is 36.4 Å². The third-order valence-corrected chi connectivity index (χ3v) is 3.62. The molecule has 2 aromatic carbocycles. The first-order chi connectivity index (χ1) is 9.74. The summed E-state index contributed by atoms with van der Waals surface area (Å²) in [6.45, 7) is 2.63. The highest BCUT2D eigenvalue weighted by atomic mass is 79.9. The molecule has 0 aliphatic rings. The van der Waals surface area contributed by atoms with Crippen LogP contribution < -0.4 is 4.74 Å². The van der Waals surface area contributed by atoms with Crippen LogP contribution >= 0.6 is 15.9 Å². The van der Waals surface area contributed by atoms with Crippen molar-refractivity contribution in [1.29, 1.82) is 0 Å². The number of hydrogen-bond acceptors (Lipinski definition) is 2. The molecule has 0 saturated heterocycles. The second-order valence-corrected chi connectivity index (χ2v) is 5.50. The Kier molecular flexibility index (Phi) is 3.70. The summed E-state index contributed by atoms with van der Waals surface area (Å²) in [7, 11) is 0. The number of hydrogen-bond donors (Lipinski definition) is 0. The van der Waals surface area contributed by atoms with E-state index in [-0.39, 0.29) is 0 Å². The van der Waals surface area contributed by atoms with E-state index in [0.29, 0.717) is 6.61 Å². The summed E-state index contributed by atoms with van der Waals surface area (Å²) in [6, 6.07) is 18.2. The lowest BCUT2D eigenvalue weighted by molar-refractivity contribution is 0.309. The van der Waals surface area contributed by atoms with Crippen molar-refractivity contribution < 1.29 is 4.74 Å². The minimum absolute atomic E-state index is 0.549. The third kappa shape index (κ3) is 2.68. The van der Waals surface area contributed by atoms with E-state index in [1.54, 1.807) is 0 Å². The summed E-state index contributed by atoms with van der Waals surface area (Å²) in [4.78, 5) is 4.54. The second-order valence-electron chi connectivity index (χ2n) is 4.69. The van der Waals surface area contributed by atoms with Crippen LogP contribution in [0.1, 0.15) is 11.1 Å². The first-order valence-corrected chi connectivity index (χ1v) is 7.26. The van der Waals surface area contributed by atoms with Gasteiger partial charge in [0.2, 0.25) is 0 Å². The van der Waals surface area contributed by atoms with Gasteiger partial charge < -0.3 is 4.74 Å². The molecule has 0 aliphatic heterocycles. The van der Waals surface area contributed by atoms with Crippen molar-refractivity contribution in [2.24, 2.45) is 0 Å². The predicted octanol–water partition coefficient (Wildman–Crippen LogP) is 4.88. The fourth-order valence-corrected chi connectivity index (χ4v) is 2.72. The Morgan fingerprint density at radius 3 is 2.65 bits per heavy atom. The molecule has 0 unspecified atom stereocenters. The average Bonchev–Trinajstić information content (AvgIpc) is 2.46. The van der Waals surface area contributed by atoms with Crippen LogP contribution in [-0.2, 0) is 6.61 Å². The monoisotopic (exact) mass is 327 g/mol. The summed E-state index contributed by atoms with van der Waals surface area (Å²) >= 11 is 3.45. The van der Waals surface area contributed by atoms with Crippen LogP contribution in [0.2, 0.25) is 0 Å². The smallest absolute Gasteiger partial charge is 0.146 e. The number of ether oxygens (including phenoxy) is 1. The fourth-order valence-electron chi connectivity index (χ4n) is 2.20. The van der Waals surface area contributed by atoms with Gasteiger partial charge in [-0.25, -0.2) is 4.98 Å². The lowest BCUT2D eigenvalue weighted by Gasteiger charge is -2.10. The van der Waals surface area contributed by atoms with Crippen LogP contribution in [0.4, 0.5) is 0 Å². The molecule has 100 valence electrons. The number of nitrogens with zero attached hydrogens (tertiary/aromatic N) is 1. The summed E-state index contributed by atoms with van der Waals surface area (Å²) in [5.41, 5.74) is 3.23. The molecule has 2 nitrogen and oxygen atoms in total. The van der Waals surface area contributed by atoms with Crippen molar-refractivity contribution in [3.63, 3.8) is 0 Å². The largest absolute Gasteiger partial charge is 0.487 e. The van der Waals surface area contributed by atoms with Gasteiger partial charge in [0, 0.05) is 5.39 Å². The quantitative estimate of drug-likeness (QED) is 0.639. The molecule has 0 radical (unpaired) electrons. The molecule has 0 fully saturated rings. The van der Waals surface area contributed by atoms with Gasteiger partial charge in [-0.05, 0) is 46.1 Å². The molecule has 3 aromatic rings. The predicted molar refractivity (Wildman–Crippen MR) is 85.0 cm³/mol. The standard InChI is InChI=1S/C17H14BrNO/c1-12-10-16(18)19-17-14(12)8-5-9-15(17)20-11-13-6-3-2-4-7-13/h2-10H,11H2,1H3. The van der Waals surface area contributed by atoms with Gasteiger partial charge in [-0.3, -0.25) is 0 Å². The lowest BCUT2D eigenvalue weighted by atomic mass is 10.1. The van der Waals surface area contributed by atoms with Gasteiger partial charge in [0.1, 0.15) is 22.5 Å². The molecule has 0 bridgehead atoms. The summed E-state index contributed by atoms with van der Waals surface area (Å²) in [6.07, 6.45) is 0. The number of fused-ring (bicyclic) bond motifs is 1. The average molecular weight is 328 g/mol. The molecule has 3 rings (SSSR count). The Bertz CT molecular complexity index is 741. The van der Waals surface area contributed by atoms with Crippen LogP contribution in [0.25, 0.3) is 10.9 Å². The van der Waals surface area contributed by atoms with Crippen molar-refractivity contribution in [3.8, 4) is 5.75 Å². The van der Waals surface area contributed by atoms with E-state index in [1.165, 1.54) is 5.56 Å². The molecule has 0 spiro atoms. The highest BCUT2D eigenvalue weighted by Gasteiger charge is 2.07. The maximum Gasteiger partial charge on any atom is 0.146 e. The van der Waals surface area contributed by atoms with Crippen molar-refractivity contribution in [3.05, 3.63) is 70.3 Å². The van der Waals surface area contributed by atoms with Gasteiger partial charge in [-0.15, -0.1) is 0 Å². The van der Waals surface area contributed by atoms with Crippen LogP contribution in [0, 0.1) is 6.92 Å². The zero-order chi connectivity index (χ0) is 13.9. The molecule has 1 aromatic heterocycles. The second kappa shape index (κ2) is 5.63. The maximum absolute atomic E-state index is 5.93. The third-order valence-electron chi connectivity index (χ3n) is 3.22. The highest BCUT2D eigenvalue weighted by molar-refractivity contribution is 9.10. The number of benzene rings is 2. The summed E-state index contributed by atoms with van der Waals surface area (Å²) in [5, 5.41) is 1.12. The molecule has 0 amide bonds. The van der Waals surface area contributed by atoms with Gasteiger partial charge in [0.05, 0.1) is 0 Å². The number of rotatable bonds is 3. The van der Waals surface area contributed by atoms with E-state index >= 15 is 0 Å². The van der Waals surface area contributed by atoms with Gasteiger partial charge >= 0.3 is 0 Å². The minimum Gasteiger partial charge on any atom is -0.487 e. The molecular weight excluding hydrogens is 314 g/mol. The van der Waals surface area contributed by atoms with E-state index < -0.39 is 0 Å². The van der Waals surface area contributed by atoms with Crippen molar-refractivity contribution in [1.82, 2.24) is 4.98 Å². The molecule has 0 N–H and O–H groups in total. The number of pyridine rings is 1. The van der Waals surface area contributed by atoms with Gasteiger partial charge in [-0.2, -0.15) is 0 Å². The lowest BCUT2D eigenvalue weighted by Crippen LogP contribution is -1.97. The Labute approximate surface area is 126 Å². The van der Waals surface area contributed by atoms with Gasteiger partial charge in [-0.1, -0.05) is 42.5 Å². The Morgan fingerprint density at radius 1 is 1.05 bits per heavy atom. The number of aryl methyl sites for hydroxylation is 1. The van der Waals surface area contributed by atoms with Crippen LogP contribution in [0.5, 0.6) is 5.75 Å². The number of para-hydroxylation sites is 1. The van der Waals surface area contributed by atoms with E-state index in [2.05, 4.69) is 46.0 Å². The van der Waals surface area contributed by atoms with Crippen LogP contribution in [0.3, 0.4) is 0 Å². The van der Waals surface area contributed by atoms with Crippen LogP contribution in [0.15, 0.2) is 59.2 Å². The Morgan fingerprint density at radius 2 is 1.85 bits per heavy atom. The fraction of sp³-hybridized carbons (Fsp3) is 0.118. The normalized spacial score (nSPS) is 10.7. The molecular formula is C17H14BrNO. The van der Waals surface area contributed by atoms with Gasteiger partial charge in [0.15, 0.2) is 0 Å². The molecule has 0 aliphatic carbocycles. The van der Waals surface area contributed by atoms with E-state index in [0.717, 1.165) is 26.8 Å². The molecule has 0 atom stereocenters. The first-order valence-electron chi connectivity index (χ1n) is 6.46. The minimum atomic E-state index is 0.549. The Hall–Kier alpha value is -1.87. The zero-order valence-electron chi connectivity index (χ0n) is 11.1.